The standard InChI is InChI=1S/C51H37N/c1-51(2)47-21-7-9-23-49(47)52(50-24-10-8-22-48(50)51)40-16-12-15-38(32-40)35-27-25-34(26-28-35)36-13-11-14-37(31-36)39-29-30-45-43-19-4-3-17-41(43)42-18-5-6-20-44(42)46(45)33-39/h3-33H,1-2H3. The van der Waals surface area contributed by atoms with Crippen LogP contribution in [0.25, 0.3) is 65.7 Å². The number of benzene rings is 9. The Morgan fingerprint density at radius 3 is 1.29 bits per heavy atom. The van der Waals surface area contributed by atoms with Crippen LogP contribution >= 0.6 is 0 Å². The lowest BCUT2D eigenvalue weighted by atomic mass is 9.73. The molecule has 0 atom stereocenters. The second-order valence-corrected chi connectivity index (χ2v) is 14.6. The van der Waals surface area contributed by atoms with Crippen LogP contribution < -0.4 is 4.90 Å². The number of rotatable bonds is 4. The van der Waals surface area contributed by atoms with E-state index < -0.39 is 0 Å². The Labute approximate surface area is 305 Å². The van der Waals surface area contributed by atoms with Crippen LogP contribution in [0, 0.1) is 0 Å². The molecule has 1 heteroatoms. The molecule has 0 aliphatic carbocycles. The minimum atomic E-state index is -0.0774. The summed E-state index contributed by atoms with van der Waals surface area (Å²) in [6, 6.07) is 69.1. The van der Waals surface area contributed by atoms with Gasteiger partial charge < -0.3 is 4.90 Å². The van der Waals surface area contributed by atoms with Gasteiger partial charge in [0.2, 0.25) is 0 Å². The molecule has 0 radical (unpaired) electrons. The molecule has 0 saturated carbocycles. The van der Waals surface area contributed by atoms with Gasteiger partial charge in [-0.3, -0.25) is 0 Å². The van der Waals surface area contributed by atoms with E-state index in [2.05, 4.69) is 207 Å². The highest BCUT2D eigenvalue weighted by atomic mass is 15.2. The lowest BCUT2D eigenvalue weighted by Crippen LogP contribution is -2.30. The average molecular weight is 664 g/mol. The molecule has 0 aromatic heterocycles. The summed E-state index contributed by atoms with van der Waals surface area (Å²) in [6.45, 7) is 4.67. The van der Waals surface area contributed by atoms with E-state index in [4.69, 9.17) is 0 Å². The summed E-state index contributed by atoms with van der Waals surface area (Å²) in [5.74, 6) is 0. The molecular weight excluding hydrogens is 627 g/mol. The molecule has 1 nitrogen and oxygen atoms in total. The highest BCUT2D eigenvalue weighted by Crippen LogP contribution is 2.52. The van der Waals surface area contributed by atoms with Gasteiger partial charge in [-0.05, 0) is 113 Å². The van der Waals surface area contributed by atoms with Crippen molar-refractivity contribution in [1.82, 2.24) is 0 Å². The van der Waals surface area contributed by atoms with Gasteiger partial charge in [0, 0.05) is 11.1 Å². The number of nitrogens with zero attached hydrogens (tertiary/aromatic N) is 1. The molecule has 0 fully saturated rings. The lowest BCUT2D eigenvalue weighted by Gasteiger charge is -2.42. The second kappa shape index (κ2) is 11.8. The van der Waals surface area contributed by atoms with E-state index in [-0.39, 0.29) is 5.41 Å². The van der Waals surface area contributed by atoms with Crippen molar-refractivity contribution < 1.29 is 0 Å². The fourth-order valence-corrected chi connectivity index (χ4v) is 8.59. The van der Waals surface area contributed by atoms with Crippen molar-refractivity contribution >= 4 is 49.4 Å². The van der Waals surface area contributed by atoms with Crippen molar-refractivity contribution in [3.63, 3.8) is 0 Å². The molecule has 0 saturated heterocycles. The summed E-state index contributed by atoms with van der Waals surface area (Å²) in [6.07, 6.45) is 0. The van der Waals surface area contributed by atoms with Crippen LogP contribution in [0.3, 0.4) is 0 Å². The Balaban J connectivity index is 0.994. The highest BCUT2D eigenvalue weighted by Gasteiger charge is 2.36. The van der Waals surface area contributed by atoms with Crippen LogP contribution in [0.5, 0.6) is 0 Å². The number of anilines is 3. The zero-order valence-corrected chi connectivity index (χ0v) is 29.3. The van der Waals surface area contributed by atoms with Crippen LogP contribution in [0.2, 0.25) is 0 Å². The first-order chi connectivity index (χ1) is 25.5. The predicted octanol–water partition coefficient (Wildman–Crippen LogP) is 14.3. The smallest absolute Gasteiger partial charge is 0.0502 e. The highest BCUT2D eigenvalue weighted by molar-refractivity contribution is 6.25. The fourth-order valence-electron chi connectivity index (χ4n) is 8.59. The molecule has 10 rings (SSSR count). The molecule has 9 aromatic rings. The van der Waals surface area contributed by atoms with Gasteiger partial charge in [0.1, 0.15) is 0 Å². The molecule has 0 unspecified atom stereocenters. The van der Waals surface area contributed by atoms with Crippen LogP contribution in [0.15, 0.2) is 188 Å². The molecular formula is C51H37N. The van der Waals surface area contributed by atoms with Crippen molar-refractivity contribution in [3.8, 4) is 33.4 Å². The SMILES string of the molecule is CC1(C)c2ccccc2N(c2cccc(-c3ccc(-c4cccc(-c5ccc6c7ccccc7c7ccccc7c6c5)c4)cc3)c2)c2ccccc21. The van der Waals surface area contributed by atoms with E-state index in [0.29, 0.717) is 0 Å². The molecule has 1 aliphatic rings. The first kappa shape index (κ1) is 30.4. The minimum Gasteiger partial charge on any atom is -0.310 e. The largest absolute Gasteiger partial charge is 0.310 e. The van der Waals surface area contributed by atoms with Crippen LogP contribution in [0.1, 0.15) is 25.0 Å². The maximum Gasteiger partial charge on any atom is 0.0502 e. The lowest BCUT2D eigenvalue weighted by molar-refractivity contribution is 0.632. The van der Waals surface area contributed by atoms with Gasteiger partial charge in [-0.1, -0.05) is 166 Å². The molecule has 1 aliphatic heterocycles. The molecule has 246 valence electrons. The van der Waals surface area contributed by atoms with Gasteiger partial charge in [0.25, 0.3) is 0 Å². The van der Waals surface area contributed by atoms with E-state index in [9.17, 15) is 0 Å². The third-order valence-electron chi connectivity index (χ3n) is 11.2. The summed E-state index contributed by atoms with van der Waals surface area (Å²) in [5.41, 5.74) is 13.5. The fraction of sp³-hybridized carbons (Fsp3) is 0.0588. The van der Waals surface area contributed by atoms with E-state index >= 15 is 0 Å². The van der Waals surface area contributed by atoms with Crippen molar-refractivity contribution in [1.29, 1.82) is 0 Å². The predicted molar refractivity (Wildman–Crippen MR) is 222 cm³/mol. The van der Waals surface area contributed by atoms with E-state index in [0.717, 1.165) is 0 Å². The summed E-state index contributed by atoms with van der Waals surface area (Å²) >= 11 is 0. The Bertz CT molecular complexity index is 2740. The zero-order chi connectivity index (χ0) is 34.8. The van der Waals surface area contributed by atoms with Gasteiger partial charge in [-0.2, -0.15) is 0 Å². The van der Waals surface area contributed by atoms with Gasteiger partial charge in [-0.25, -0.2) is 0 Å². The van der Waals surface area contributed by atoms with E-state index in [1.165, 1.54) is 93.9 Å². The van der Waals surface area contributed by atoms with Gasteiger partial charge >= 0.3 is 0 Å². The summed E-state index contributed by atoms with van der Waals surface area (Å²) in [7, 11) is 0. The Kier molecular flexibility index (Phi) is 6.91. The number of fused-ring (bicyclic) bond motifs is 8. The maximum absolute atomic E-state index is 2.43. The van der Waals surface area contributed by atoms with E-state index in [1.54, 1.807) is 0 Å². The first-order valence-electron chi connectivity index (χ1n) is 18.2. The van der Waals surface area contributed by atoms with E-state index in [1.807, 2.05) is 0 Å². The van der Waals surface area contributed by atoms with Gasteiger partial charge in [0.05, 0.1) is 11.4 Å². The monoisotopic (exact) mass is 663 g/mol. The molecule has 0 bridgehead atoms. The molecule has 9 aromatic carbocycles. The topological polar surface area (TPSA) is 3.24 Å². The van der Waals surface area contributed by atoms with Crippen LogP contribution in [-0.4, -0.2) is 0 Å². The molecule has 0 N–H and O–H groups in total. The summed E-state index contributed by atoms with van der Waals surface area (Å²) in [5, 5.41) is 7.80. The quantitative estimate of drug-likeness (QED) is 0.169. The molecule has 1 heterocycles. The van der Waals surface area contributed by atoms with Crippen molar-refractivity contribution in [2.45, 2.75) is 19.3 Å². The maximum atomic E-state index is 2.43. The summed E-state index contributed by atoms with van der Waals surface area (Å²) < 4.78 is 0. The van der Waals surface area contributed by atoms with Crippen molar-refractivity contribution in [2.24, 2.45) is 0 Å². The number of hydrogen-bond acceptors (Lipinski definition) is 1. The van der Waals surface area contributed by atoms with Crippen LogP contribution in [0.4, 0.5) is 17.1 Å². The Morgan fingerprint density at radius 1 is 0.308 bits per heavy atom. The third-order valence-corrected chi connectivity index (χ3v) is 11.2. The van der Waals surface area contributed by atoms with Crippen LogP contribution in [-0.2, 0) is 5.41 Å². The normalized spacial score (nSPS) is 13.3. The molecule has 52 heavy (non-hydrogen) atoms. The summed E-state index contributed by atoms with van der Waals surface area (Å²) in [4.78, 5) is 2.43. The Morgan fingerprint density at radius 2 is 0.712 bits per heavy atom. The number of para-hydroxylation sites is 2. The Hall–Kier alpha value is -6.44. The third kappa shape index (κ3) is 4.77. The van der Waals surface area contributed by atoms with Gasteiger partial charge in [0.15, 0.2) is 0 Å². The number of hydrogen-bond donors (Lipinski definition) is 0. The van der Waals surface area contributed by atoms with Crippen molar-refractivity contribution in [3.05, 3.63) is 199 Å². The molecule has 0 spiro atoms. The minimum absolute atomic E-state index is 0.0774. The van der Waals surface area contributed by atoms with Crippen molar-refractivity contribution in [2.75, 3.05) is 4.90 Å². The first-order valence-corrected chi connectivity index (χ1v) is 18.2. The van der Waals surface area contributed by atoms with Gasteiger partial charge in [-0.15, -0.1) is 0 Å². The molecule has 0 amide bonds. The average Bonchev–Trinajstić information content (AvgIpc) is 3.21. The second-order valence-electron chi connectivity index (χ2n) is 14.6. The zero-order valence-electron chi connectivity index (χ0n) is 29.3.